The van der Waals surface area contributed by atoms with E-state index in [9.17, 15) is 9.90 Å². The van der Waals surface area contributed by atoms with E-state index in [0.29, 0.717) is 12.8 Å². The maximum atomic E-state index is 12.1. The molecule has 3 nitrogen and oxygen atoms in total. The zero-order valence-corrected chi connectivity index (χ0v) is 11.4. The molecule has 0 saturated heterocycles. The highest BCUT2D eigenvalue weighted by molar-refractivity contribution is 7.14. The van der Waals surface area contributed by atoms with Crippen LogP contribution in [0.15, 0.2) is 6.07 Å². The van der Waals surface area contributed by atoms with Crippen LogP contribution >= 0.6 is 11.3 Å². The predicted octanol–water partition coefficient (Wildman–Crippen LogP) is 2.13. The minimum absolute atomic E-state index is 0.0407. The summed E-state index contributed by atoms with van der Waals surface area (Å²) in [7, 11) is 0. The van der Waals surface area contributed by atoms with Crippen molar-refractivity contribution in [3.63, 3.8) is 0 Å². The Hall–Kier alpha value is -0.870. The lowest BCUT2D eigenvalue weighted by Gasteiger charge is -2.31. The molecule has 1 saturated carbocycles. The Bertz CT molecular complexity index is 462. The number of aliphatic hydroxyl groups is 1. The first-order chi connectivity index (χ1) is 8.61. The summed E-state index contributed by atoms with van der Waals surface area (Å²) in [6.45, 7) is 2.27. The van der Waals surface area contributed by atoms with Crippen molar-refractivity contribution in [2.24, 2.45) is 5.92 Å². The molecule has 2 aliphatic rings. The molecular weight excluding hydrogens is 246 g/mol. The Morgan fingerprint density at radius 1 is 1.50 bits per heavy atom. The van der Waals surface area contributed by atoms with Crippen LogP contribution in [0.4, 0.5) is 0 Å². The minimum atomic E-state index is -0.215. The largest absolute Gasteiger partial charge is 0.393 e. The molecule has 1 heterocycles. The van der Waals surface area contributed by atoms with E-state index >= 15 is 0 Å². The van der Waals surface area contributed by atoms with Gasteiger partial charge in [0.25, 0.3) is 5.91 Å². The number of hydrogen-bond donors (Lipinski definition) is 2. The molecule has 1 aromatic rings. The van der Waals surface area contributed by atoms with Crippen molar-refractivity contribution in [2.75, 3.05) is 0 Å². The SMILES string of the molecule is CC1CCc2sc(C(=O)NC3CC(O)C3)cc2C1. The van der Waals surface area contributed by atoms with Crippen LogP contribution in [-0.2, 0) is 12.8 Å². The molecule has 0 aromatic carbocycles. The second-order valence-corrected chi connectivity index (χ2v) is 6.84. The van der Waals surface area contributed by atoms with Crippen molar-refractivity contribution in [1.82, 2.24) is 5.32 Å². The van der Waals surface area contributed by atoms with Gasteiger partial charge in [-0.05, 0) is 49.7 Å². The zero-order valence-electron chi connectivity index (χ0n) is 10.6. The van der Waals surface area contributed by atoms with Crippen LogP contribution < -0.4 is 5.32 Å². The third-order valence-electron chi connectivity index (χ3n) is 4.00. The van der Waals surface area contributed by atoms with Gasteiger partial charge in [0, 0.05) is 10.9 Å². The lowest BCUT2D eigenvalue weighted by atomic mass is 9.89. The van der Waals surface area contributed by atoms with Gasteiger partial charge in [-0.3, -0.25) is 4.79 Å². The summed E-state index contributed by atoms with van der Waals surface area (Å²) in [6.07, 6.45) is 4.66. The number of aryl methyl sites for hydroxylation is 1. The molecule has 1 unspecified atom stereocenters. The molecule has 1 amide bonds. The van der Waals surface area contributed by atoms with Gasteiger partial charge in [-0.2, -0.15) is 0 Å². The van der Waals surface area contributed by atoms with Gasteiger partial charge in [-0.25, -0.2) is 0 Å². The van der Waals surface area contributed by atoms with Gasteiger partial charge in [0.05, 0.1) is 11.0 Å². The summed E-state index contributed by atoms with van der Waals surface area (Å²) in [5.41, 5.74) is 1.37. The number of fused-ring (bicyclic) bond motifs is 1. The van der Waals surface area contributed by atoms with Gasteiger partial charge in [-0.15, -0.1) is 11.3 Å². The number of carbonyl (C=O) groups is 1. The fourth-order valence-electron chi connectivity index (χ4n) is 2.78. The fourth-order valence-corrected chi connectivity index (χ4v) is 3.89. The molecule has 1 atom stereocenters. The van der Waals surface area contributed by atoms with E-state index in [1.165, 1.54) is 16.9 Å². The van der Waals surface area contributed by atoms with E-state index in [1.807, 2.05) is 0 Å². The van der Waals surface area contributed by atoms with Crippen LogP contribution in [0.5, 0.6) is 0 Å². The van der Waals surface area contributed by atoms with Crippen LogP contribution in [0.1, 0.15) is 46.3 Å². The van der Waals surface area contributed by atoms with Gasteiger partial charge >= 0.3 is 0 Å². The minimum Gasteiger partial charge on any atom is -0.393 e. The summed E-state index contributed by atoms with van der Waals surface area (Å²) < 4.78 is 0. The second-order valence-electron chi connectivity index (χ2n) is 5.70. The number of nitrogens with one attached hydrogen (secondary N) is 1. The molecular formula is C14H19NO2S. The summed E-state index contributed by atoms with van der Waals surface area (Å²) in [5, 5.41) is 12.2. The Balaban J connectivity index is 1.67. The van der Waals surface area contributed by atoms with Crippen molar-refractivity contribution in [1.29, 1.82) is 0 Å². The number of rotatable bonds is 2. The normalized spacial score (nSPS) is 30.4. The van der Waals surface area contributed by atoms with Crippen LogP contribution in [0.25, 0.3) is 0 Å². The van der Waals surface area contributed by atoms with E-state index in [1.54, 1.807) is 11.3 Å². The average Bonchev–Trinajstić information content (AvgIpc) is 2.69. The maximum Gasteiger partial charge on any atom is 0.261 e. The first-order valence-corrected chi connectivity index (χ1v) is 7.54. The molecule has 2 aliphatic carbocycles. The summed E-state index contributed by atoms with van der Waals surface area (Å²) >= 11 is 1.65. The maximum absolute atomic E-state index is 12.1. The van der Waals surface area contributed by atoms with Gasteiger partial charge in [0.1, 0.15) is 0 Å². The van der Waals surface area contributed by atoms with E-state index in [2.05, 4.69) is 18.3 Å². The highest BCUT2D eigenvalue weighted by Crippen LogP contribution is 2.32. The third-order valence-corrected chi connectivity index (χ3v) is 5.24. The Morgan fingerprint density at radius 3 is 3.00 bits per heavy atom. The molecule has 0 bridgehead atoms. The molecule has 98 valence electrons. The van der Waals surface area contributed by atoms with Gasteiger partial charge in [-0.1, -0.05) is 6.92 Å². The summed E-state index contributed by atoms with van der Waals surface area (Å²) in [6, 6.07) is 2.24. The Morgan fingerprint density at radius 2 is 2.28 bits per heavy atom. The van der Waals surface area contributed by atoms with Crippen LogP contribution in [0.3, 0.4) is 0 Å². The molecule has 0 spiro atoms. The molecule has 0 radical (unpaired) electrons. The lowest BCUT2D eigenvalue weighted by molar-refractivity contribution is 0.0564. The molecule has 1 aromatic heterocycles. The summed E-state index contributed by atoms with van der Waals surface area (Å²) in [4.78, 5) is 14.3. The highest BCUT2D eigenvalue weighted by Gasteiger charge is 2.29. The number of hydrogen-bond acceptors (Lipinski definition) is 3. The third kappa shape index (κ3) is 2.31. The molecule has 3 rings (SSSR count). The van der Waals surface area contributed by atoms with Crippen molar-refractivity contribution in [3.05, 3.63) is 21.4 Å². The van der Waals surface area contributed by atoms with Crippen LogP contribution in [0, 0.1) is 5.92 Å². The average molecular weight is 265 g/mol. The topological polar surface area (TPSA) is 49.3 Å². The number of thiophene rings is 1. The van der Waals surface area contributed by atoms with Crippen molar-refractivity contribution in [3.8, 4) is 0 Å². The van der Waals surface area contributed by atoms with Crippen molar-refractivity contribution >= 4 is 17.2 Å². The quantitative estimate of drug-likeness (QED) is 0.860. The van der Waals surface area contributed by atoms with Crippen LogP contribution in [0.2, 0.25) is 0 Å². The van der Waals surface area contributed by atoms with Gasteiger partial charge in [0.15, 0.2) is 0 Å². The highest BCUT2D eigenvalue weighted by atomic mass is 32.1. The summed E-state index contributed by atoms with van der Waals surface area (Å²) in [5.74, 6) is 0.781. The number of carbonyl (C=O) groups excluding carboxylic acids is 1. The number of amides is 1. The predicted molar refractivity (Wildman–Crippen MR) is 72.0 cm³/mol. The first-order valence-electron chi connectivity index (χ1n) is 6.72. The van der Waals surface area contributed by atoms with Gasteiger partial charge in [0.2, 0.25) is 0 Å². The van der Waals surface area contributed by atoms with E-state index < -0.39 is 0 Å². The van der Waals surface area contributed by atoms with E-state index in [4.69, 9.17) is 0 Å². The fraction of sp³-hybridized carbons (Fsp3) is 0.643. The lowest BCUT2D eigenvalue weighted by Crippen LogP contribution is -2.46. The second kappa shape index (κ2) is 4.67. The van der Waals surface area contributed by atoms with Crippen molar-refractivity contribution < 1.29 is 9.90 Å². The van der Waals surface area contributed by atoms with Crippen molar-refractivity contribution in [2.45, 2.75) is 51.2 Å². The van der Waals surface area contributed by atoms with Crippen LogP contribution in [-0.4, -0.2) is 23.2 Å². The molecule has 0 aliphatic heterocycles. The molecule has 18 heavy (non-hydrogen) atoms. The molecule has 4 heteroatoms. The first kappa shape index (κ1) is 12.2. The Labute approximate surface area is 111 Å². The zero-order chi connectivity index (χ0) is 12.7. The Kier molecular flexibility index (Phi) is 3.16. The number of aliphatic hydroxyl groups excluding tert-OH is 1. The van der Waals surface area contributed by atoms with Gasteiger partial charge < -0.3 is 10.4 Å². The monoisotopic (exact) mass is 265 g/mol. The molecule has 1 fully saturated rings. The van der Waals surface area contributed by atoms with E-state index in [0.717, 1.165) is 23.6 Å². The van der Waals surface area contributed by atoms with E-state index in [-0.39, 0.29) is 18.1 Å². The standard InChI is InChI=1S/C14H19NO2S/c1-8-2-3-12-9(4-8)5-13(18-12)14(17)15-10-6-11(16)7-10/h5,8,10-11,16H,2-4,6-7H2,1H3,(H,15,17). The smallest absolute Gasteiger partial charge is 0.261 e. The molecule has 2 N–H and O–H groups in total.